The van der Waals surface area contributed by atoms with Crippen LogP contribution in [0.1, 0.15) is 24.0 Å². The summed E-state index contributed by atoms with van der Waals surface area (Å²) >= 11 is 0. The molecule has 2 aromatic rings. The highest BCUT2D eigenvalue weighted by Crippen LogP contribution is 2.13. The lowest BCUT2D eigenvalue weighted by Crippen LogP contribution is -2.41. The number of likely N-dealkylation sites (tertiary alicyclic amines) is 1. The molecule has 8 heteroatoms. The molecule has 0 aromatic heterocycles. The molecule has 2 aromatic carbocycles. The maximum atomic E-state index is 13.3. The van der Waals surface area contributed by atoms with Gasteiger partial charge >= 0.3 is 0 Å². The van der Waals surface area contributed by atoms with Crippen molar-refractivity contribution in [3.05, 3.63) is 65.2 Å². The number of nitriles is 1. The Morgan fingerprint density at radius 3 is 2.59 bits per heavy atom. The second-order valence-corrected chi connectivity index (χ2v) is 6.60. The average Bonchev–Trinajstić information content (AvgIpc) is 2.75. The van der Waals surface area contributed by atoms with E-state index in [1.54, 1.807) is 29.2 Å². The minimum Gasteiger partial charge on any atom is -0.391 e. The molecule has 1 N–H and O–H groups in total. The first-order chi connectivity index (χ1) is 14.0. The Kier molecular flexibility index (Phi) is 6.74. The van der Waals surface area contributed by atoms with E-state index < -0.39 is 5.82 Å². The topological polar surface area (TPSA) is 77.7 Å². The second kappa shape index (κ2) is 9.64. The highest BCUT2D eigenvalue weighted by atomic mass is 19.1. The Balaban J connectivity index is 1.42. The summed E-state index contributed by atoms with van der Waals surface area (Å²) in [6, 6.07) is 11.8. The molecular formula is C21H20F2N4O2. The standard InChI is InChI=1S/C21H20F2N4O2/c22-17-2-4-18(5-3-17)25-13-21(28)27-9-7-19(8-10-27)26-29-14-15-1-6-20(23)16(11-15)12-24/h1-6,11,25H,7-10,13-14H2. The fourth-order valence-corrected chi connectivity index (χ4v) is 2.91. The number of amides is 1. The van der Waals surface area contributed by atoms with Crippen LogP contribution in [0.4, 0.5) is 14.5 Å². The molecule has 1 aliphatic heterocycles. The Morgan fingerprint density at radius 2 is 1.90 bits per heavy atom. The van der Waals surface area contributed by atoms with Crippen molar-refractivity contribution in [3.8, 4) is 6.07 Å². The van der Waals surface area contributed by atoms with Crippen LogP contribution >= 0.6 is 0 Å². The van der Waals surface area contributed by atoms with E-state index in [0.717, 1.165) is 5.71 Å². The molecule has 1 heterocycles. The van der Waals surface area contributed by atoms with Crippen molar-refractivity contribution in [2.75, 3.05) is 25.0 Å². The van der Waals surface area contributed by atoms with E-state index in [1.165, 1.54) is 24.3 Å². The molecule has 0 aliphatic carbocycles. The zero-order chi connectivity index (χ0) is 20.6. The summed E-state index contributed by atoms with van der Waals surface area (Å²) in [6.07, 6.45) is 1.21. The summed E-state index contributed by atoms with van der Waals surface area (Å²) in [4.78, 5) is 19.4. The zero-order valence-corrected chi connectivity index (χ0v) is 15.7. The Labute approximate surface area is 167 Å². The van der Waals surface area contributed by atoms with E-state index in [0.29, 0.717) is 37.2 Å². The summed E-state index contributed by atoms with van der Waals surface area (Å²) in [5, 5.41) is 15.9. The third-order valence-corrected chi connectivity index (χ3v) is 4.56. The smallest absolute Gasteiger partial charge is 0.241 e. The van der Waals surface area contributed by atoms with Gasteiger partial charge in [-0.15, -0.1) is 0 Å². The van der Waals surface area contributed by atoms with Gasteiger partial charge in [-0.25, -0.2) is 8.78 Å². The van der Waals surface area contributed by atoms with Gasteiger partial charge in [0.2, 0.25) is 5.91 Å². The first-order valence-corrected chi connectivity index (χ1v) is 9.18. The van der Waals surface area contributed by atoms with Crippen molar-refractivity contribution >= 4 is 17.3 Å². The molecular weight excluding hydrogens is 378 g/mol. The van der Waals surface area contributed by atoms with Gasteiger partial charge in [0.25, 0.3) is 0 Å². The zero-order valence-electron chi connectivity index (χ0n) is 15.7. The Bertz CT molecular complexity index is 929. The fraction of sp³-hybridized carbons (Fsp3) is 0.286. The number of carbonyl (C=O) groups is 1. The van der Waals surface area contributed by atoms with Gasteiger partial charge in [0.05, 0.1) is 17.8 Å². The highest BCUT2D eigenvalue weighted by Gasteiger charge is 2.20. The van der Waals surface area contributed by atoms with Crippen LogP contribution in [0.25, 0.3) is 0 Å². The van der Waals surface area contributed by atoms with Crippen LogP contribution in [0.2, 0.25) is 0 Å². The molecule has 3 rings (SSSR count). The maximum absolute atomic E-state index is 13.3. The van der Waals surface area contributed by atoms with Crippen molar-refractivity contribution in [2.24, 2.45) is 5.16 Å². The van der Waals surface area contributed by atoms with E-state index in [2.05, 4.69) is 10.5 Å². The lowest BCUT2D eigenvalue weighted by Gasteiger charge is -2.27. The minimum absolute atomic E-state index is 0.0279. The summed E-state index contributed by atoms with van der Waals surface area (Å²) in [7, 11) is 0. The largest absolute Gasteiger partial charge is 0.391 e. The normalized spacial score (nSPS) is 13.6. The number of anilines is 1. The average molecular weight is 398 g/mol. The van der Waals surface area contributed by atoms with Crippen molar-refractivity contribution < 1.29 is 18.4 Å². The molecule has 0 bridgehead atoms. The quantitative estimate of drug-likeness (QED) is 0.756. The molecule has 0 radical (unpaired) electrons. The molecule has 1 saturated heterocycles. The summed E-state index contributed by atoms with van der Waals surface area (Å²) in [6.45, 7) is 1.37. The number of benzene rings is 2. The number of piperidine rings is 1. The SMILES string of the molecule is N#Cc1cc(CON=C2CCN(C(=O)CNc3ccc(F)cc3)CC2)ccc1F. The van der Waals surface area contributed by atoms with Gasteiger partial charge in [-0.3, -0.25) is 4.79 Å². The van der Waals surface area contributed by atoms with Crippen LogP contribution in [-0.4, -0.2) is 36.2 Å². The first-order valence-electron chi connectivity index (χ1n) is 9.18. The summed E-state index contributed by atoms with van der Waals surface area (Å²) in [5.41, 5.74) is 2.17. The molecule has 0 atom stereocenters. The molecule has 1 amide bonds. The van der Waals surface area contributed by atoms with Gasteiger partial charge in [-0.1, -0.05) is 11.2 Å². The number of nitrogens with zero attached hydrogens (tertiary/aromatic N) is 3. The lowest BCUT2D eigenvalue weighted by atomic mass is 10.1. The molecule has 29 heavy (non-hydrogen) atoms. The number of hydrogen-bond acceptors (Lipinski definition) is 5. The van der Waals surface area contributed by atoms with Crippen LogP contribution in [0.15, 0.2) is 47.6 Å². The van der Waals surface area contributed by atoms with Crippen molar-refractivity contribution in [1.82, 2.24) is 4.90 Å². The van der Waals surface area contributed by atoms with Gasteiger partial charge in [0.15, 0.2) is 0 Å². The molecule has 6 nitrogen and oxygen atoms in total. The van der Waals surface area contributed by atoms with Crippen molar-refractivity contribution in [3.63, 3.8) is 0 Å². The molecule has 1 aliphatic rings. The molecule has 0 unspecified atom stereocenters. The number of nitrogens with one attached hydrogen (secondary N) is 1. The van der Waals surface area contributed by atoms with Gasteiger partial charge in [0.1, 0.15) is 24.3 Å². The minimum atomic E-state index is -0.562. The monoisotopic (exact) mass is 398 g/mol. The van der Waals surface area contributed by atoms with Gasteiger partial charge in [-0.05, 0) is 42.0 Å². The van der Waals surface area contributed by atoms with Crippen LogP contribution in [0, 0.1) is 23.0 Å². The van der Waals surface area contributed by atoms with Crippen molar-refractivity contribution in [2.45, 2.75) is 19.4 Å². The van der Waals surface area contributed by atoms with Gasteiger partial charge in [0, 0.05) is 31.6 Å². The third-order valence-electron chi connectivity index (χ3n) is 4.56. The number of hydrogen-bond donors (Lipinski definition) is 1. The Hall–Kier alpha value is -3.47. The fourth-order valence-electron chi connectivity index (χ4n) is 2.91. The number of halogens is 2. The van der Waals surface area contributed by atoms with E-state index in [1.807, 2.05) is 0 Å². The highest BCUT2D eigenvalue weighted by molar-refractivity contribution is 5.88. The third kappa shape index (κ3) is 5.75. The van der Waals surface area contributed by atoms with Crippen molar-refractivity contribution in [1.29, 1.82) is 5.26 Å². The predicted molar refractivity (Wildman–Crippen MR) is 104 cm³/mol. The van der Waals surface area contributed by atoms with Gasteiger partial charge in [-0.2, -0.15) is 5.26 Å². The Morgan fingerprint density at radius 1 is 1.17 bits per heavy atom. The van der Waals surface area contributed by atoms with Crippen LogP contribution in [0.5, 0.6) is 0 Å². The number of oxime groups is 1. The van der Waals surface area contributed by atoms with E-state index in [-0.39, 0.29) is 30.4 Å². The van der Waals surface area contributed by atoms with Crippen LogP contribution < -0.4 is 5.32 Å². The summed E-state index contributed by atoms with van der Waals surface area (Å²) < 4.78 is 26.2. The lowest BCUT2D eigenvalue weighted by molar-refractivity contribution is -0.129. The first kappa shape index (κ1) is 20.3. The predicted octanol–water partition coefficient (Wildman–Crippen LogP) is 3.44. The number of carbonyl (C=O) groups excluding carboxylic acids is 1. The molecule has 0 spiro atoms. The van der Waals surface area contributed by atoms with E-state index in [9.17, 15) is 13.6 Å². The molecule has 1 fully saturated rings. The molecule has 0 saturated carbocycles. The molecule has 150 valence electrons. The second-order valence-electron chi connectivity index (χ2n) is 6.60. The van der Waals surface area contributed by atoms with Crippen LogP contribution in [0.3, 0.4) is 0 Å². The van der Waals surface area contributed by atoms with Crippen LogP contribution in [-0.2, 0) is 16.2 Å². The summed E-state index contributed by atoms with van der Waals surface area (Å²) in [5.74, 6) is -0.921. The van der Waals surface area contributed by atoms with E-state index in [4.69, 9.17) is 10.1 Å². The van der Waals surface area contributed by atoms with Gasteiger partial charge < -0.3 is 15.1 Å². The maximum Gasteiger partial charge on any atom is 0.241 e. The van der Waals surface area contributed by atoms with E-state index >= 15 is 0 Å². The number of rotatable bonds is 6.